The lowest BCUT2D eigenvalue weighted by molar-refractivity contribution is -0.145. The average molecular weight is 774 g/mol. The van der Waals surface area contributed by atoms with Crippen molar-refractivity contribution in [1.82, 2.24) is 30.7 Å². The zero-order valence-corrected chi connectivity index (χ0v) is 33.7. The third kappa shape index (κ3) is 10.6. The molecular weight excluding hydrogens is 714 g/mol. The predicted octanol–water partition coefficient (Wildman–Crippen LogP) is 3.58. The minimum atomic E-state index is -1.46. The number of likely N-dealkylation sites (tertiary alicyclic amines) is 1. The van der Waals surface area contributed by atoms with Crippen LogP contribution >= 0.6 is 11.6 Å². The Hall–Kier alpha value is -3.65. The summed E-state index contributed by atoms with van der Waals surface area (Å²) < 4.78 is 12.1. The van der Waals surface area contributed by atoms with E-state index in [0.29, 0.717) is 30.5 Å². The van der Waals surface area contributed by atoms with E-state index in [0.717, 1.165) is 44.9 Å². The van der Waals surface area contributed by atoms with Gasteiger partial charge in [0, 0.05) is 31.8 Å². The third-order valence-electron chi connectivity index (χ3n) is 10.8. The molecule has 4 aliphatic rings. The highest BCUT2D eigenvalue weighted by Crippen LogP contribution is 2.33. The van der Waals surface area contributed by atoms with Gasteiger partial charge in [-0.2, -0.15) is 0 Å². The van der Waals surface area contributed by atoms with Gasteiger partial charge < -0.3 is 40.3 Å². The van der Waals surface area contributed by atoms with Crippen molar-refractivity contribution in [2.24, 2.45) is 16.3 Å². The summed E-state index contributed by atoms with van der Waals surface area (Å²) in [6, 6.07) is 0.180. The first-order valence-corrected chi connectivity index (χ1v) is 20.0. The van der Waals surface area contributed by atoms with Gasteiger partial charge in [0.2, 0.25) is 23.6 Å². The number of rotatable bonds is 14. The van der Waals surface area contributed by atoms with E-state index in [-0.39, 0.29) is 36.7 Å². The highest BCUT2D eigenvalue weighted by atomic mass is 35.5. The number of amides is 4. The molecule has 1 aromatic heterocycles. The van der Waals surface area contributed by atoms with Crippen molar-refractivity contribution in [2.75, 3.05) is 20.2 Å². The second-order valence-corrected chi connectivity index (χ2v) is 17.6. The predicted molar refractivity (Wildman–Crippen MR) is 205 cm³/mol. The minimum absolute atomic E-state index is 0.0310. The SMILES string of the molecule is CCC[C@H](NC(=O)[C@@H]1C[C@@H](Oc2ccc(Cl)cn2)CN1C(=O)[C@@H](NC(=O)[C@H](C1CCCCC1)N(C)C1=NC(C)(C)CO1)C(C)(C)C)C(O)C(=O)NC1CC1. The Bertz CT molecular complexity index is 1520. The summed E-state index contributed by atoms with van der Waals surface area (Å²) in [7, 11) is 1.83. The number of carbonyl (C=O) groups excluding carboxylic acids is 4. The minimum Gasteiger partial charge on any atom is -0.472 e. The number of likely N-dealkylation sites (N-methyl/N-ethyl adjacent to an activating group) is 1. The molecule has 5 rings (SSSR count). The molecule has 0 bridgehead atoms. The summed E-state index contributed by atoms with van der Waals surface area (Å²) in [6.45, 7) is 11.9. The molecule has 4 N–H and O–H groups in total. The maximum Gasteiger partial charge on any atom is 0.288 e. The van der Waals surface area contributed by atoms with Crippen molar-refractivity contribution < 1.29 is 33.8 Å². The number of aliphatic hydroxyl groups excluding tert-OH is 1. The average Bonchev–Trinajstić information content (AvgIpc) is 3.71. The molecule has 1 saturated heterocycles. The normalized spacial score (nSPS) is 23.6. The van der Waals surface area contributed by atoms with Crippen LogP contribution in [0.3, 0.4) is 0 Å². The monoisotopic (exact) mass is 773 g/mol. The standard InChI is InChI=1S/C39H60ClN7O7/c1-8-12-27(31(48)35(51)42-25-16-17-25)43-33(49)28-19-26(54-29-18-15-24(40)20-41-29)21-47(28)36(52)32(38(2,3)4)44-34(50)30(23-13-10-9-11-14-23)46(7)37-45-39(5,6)22-53-37/h15,18,20,23,25-28,30-32,48H,8-14,16-17,19,21-22H2,1-7H3,(H,42,51)(H,43,49)(H,44,50)/t26-,27+,28+,30+,31?,32-/m1/s1. The molecule has 0 radical (unpaired) electrons. The zero-order valence-electron chi connectivity index (χ0n) is 32.9. The highest BCUT2D eigenvalue weighted by Gasteiger charge is 2.48. The van der Waals surface area contributed by atoms with Crippen molar-refractivity contribution in [1.29, 1.82) is 0 Å². The summed E-state index contributed by atoms with van der Waals surface area (Å²) in [5.41, 5.74) is -1.18. The number of hydrogen-bond acceptors (Lipinski definition) is 10. The van der Waals surface area contributed by atoms with E-state index in [4.69, 9.17) is 26.1 Å². The van der Waals surface area contributed by atoms with Crippen LogP contribution in [0.1, 0.15) is 106 Å². The van der Waals surface area contributed by atoms with Crippen LogP contribution in [0.4, 0.5) is 0 Å². The largest absolute Gasteiger partial charge is 0.472 e. The molecule has 3 heterocycles. The lowest BCUT2D eigenvalue weighted by Gasteiger charge is -2.39. The Morgan fingerprint density at radius 3 is 2.37 bits per heavy atom. The van der Waals surface area contributed by atoms with Gasteiger partial charge in [0.15, 0.2) is 6.10 Å². The number of aromatic nitrogens is 1. The Labute approximate surface area is 324 Å². The van der Waals surface area contributed by atoms with Crippen LogP contribution in [-0.4, -0.2) is 118 Å². The second kappa shape index (κ2) is 17.4. The molecule has 1 aromatic rings. The topological polar surface area (TPSA) is 175 Å². The molecule has 300 valence electrons. The van der Waals surface area contributed by atoms with Gasteiger partial charge in [-0.25, -0.2) is 9.98 Å². The van der Waals surface area contributed by atoms with Gasteiger partial charge in [-0.15, -0.1) is 0 Å². The van der Waals surface area contributed by atoms with Crippen LogP contribution in [0.5, 0.6) is 5.88 Å². The number of aliphatic imine (C=N–C) groups is 1. The molecule has 6 atom stereocenters. The van der Waals surface area contributed by atoms with Crippen LogP contribution < -0.4 is 20.7 Å². The number of pyridine rings is 1. The number of ether oxygens (including phenoxy) is 2. The molecule has 0 spiro atoms. The fourth-order valence-corrected chi connectivity index (χ4v) is 7.75. The van der Waals surface area contributed by atoms with Crippen LogP contribution in [-0.2, 0) is 23.9 Å². The molecule has 0 aromatic carbocycles. The fourth-order valence-electron chi connectivity index (χ4n) is 7.64. The molecular formula is C39H60ClN7O7. The molecule has 2 saturated carbocycles. The zero-order chi connectivity index (χ0) is 39.4. The van der Waals surface area contributed by atoms with E-state index >= 15 is 0 Å². The lowest BCUT2D eigenvalue weighted by Crippen LogP contribution is -2.62. The van der Waals surface area contributed by atoms with Gasteiger partial charge in [0.25, 0.3) is 11.9 Å². The van der Waals surface area contributed by atoms with E-state index in [1.165, 1.54) is 11.1 Å². The second-order valence-electron chi connectivity index (χ2n) is 17.2. The number of carbonyl (C=O) groups is 4. The Morgan fingerprint density at radius 2 is 1.80 bits per heavy atom. The van der Waals surface area contributed by atoms with Gasteiger partial charge in [-0.3, -0.25) is 19.2 Å². The number of halogens is 1. The van der Waals surface area contributed by atoms with E-state index < -0.39 is 65.1 Å². The molecule has 54 heavy (non-hydrogen) atoms. The van der Waals surface area contributed by atoms with Crippen LogP contribution in [0, 0.1) is 11.3 Å². The quantitative estimate of drug-likeness (QED) is 0.220. The molecule has 3 fully saturated rings. The molecule has 2 aliphatic carbocycles. The Kier molecular flexibility index (Phi) is 13.4. The first kappa shape index (κ1) is 41.5. The smallest absolute Gasteiger partial charge is 0.288 e. The van der Waals surface area contributed by atoms with Crippen molar-refractivity contribution in [2.45, 2.75) is 154 Å². The fraction of sp³-hybridized carbons (Fsp3) is 0.744. The molecule has 14 nitrogen and oxygen atoms in total. The first-order chi connectivity index (χ1) is 25.5. The Balaban J connectivity index is 1.41. The molecule has 1 unspecified atom stereocenters. The number of aliphatic hydroxyl groups is 1. The van der Waals surface area contributed by atoms with Crippen LogP contribution in [0.15, 0.2) is 23.3 Å². The maximum atomic E-state index is 14.8. The highest BCUT2D eigenvalue weighted by molar-refractivity contribution is 6.30. The van der Waals surface area contributed by atoms with Crippen molar-refractivity contribution in [3.8, 4) is 5.88 Å². The van der Waals surface area contributed by atoms with E-state index in [1.54, 1.807) is 12.1 Å². The van der Waals surface area contributed by atoms with Gasteiger partial charge >= 0.3 is 0 Å². The number of nitrogens with one attached hydrogen (secondary N) is 3. The summed E-state index contributed by atoms with van der Waals surface area (Å²) in [6.07, 6.45) is 7.01. The lowest BCUT2D eigenvalue weighted by atomic mass is 9.81. The van der Waals surface area contributed by atoms with Gasteiger partial charge in [-0.1, -0.05) is 65.0 Å². The van der Waals surface area contributed by atoms with Crippen LogP contribution in [0.2, 0.25) is 5.02 Å². The number of nitrogens with zero attached hydrogens (tertiary/aromatic N) is 4. The molecule has 4 amide bonds. The van der Waals surface area contributed by atoms with Crippen molar-refractivity contribution in [3.63, 3.8) is 0 Å². The maximum absolute atomic E-state index is 14.8. The first-order valence-electron chi connectivity index (χ1n) is 19.6. The van der Waals surface area contributed by atoms with E-state index in [1.807, 2.05) is 53.5 Å². The third-order valence-corrected chi connectivity index (χ3v) is 11.0. The number of hydrogen-bond donors (Lipinski definition) is 4. The van der Waals surface area contributed by atoms with Gasteiger partial charge in [0.05, 0.1) is 23.1 Å². The van der Waals surface area contributed by atoms with Gasteiger partial charge in [-0.05, 0) is 63.4 Å². The molecule has 2 aliphatic heterocycles. The van der Waals surface area contributed by atoms with Crippen molar-refractivity contribution in [3.05, 3.63) is 23.4 Å². The molecule has 15 heteroatoms. The Morgan fingerprint density at radius 1 is 1.09 bits per heavy atom. The summed E-state index contributed by atoms with van der Waals surface area (Å²) >= 11 is 6.05. The summed E-state index contributed by atoms with van der Waals surface area (Å²) in [4.78, 5) is 68.7. The van der Waals surface area contributed by atoms with Gasteiger partial charge in [0.1, 0.15) is 30.8 Å². The number of amidine groups is 1. The summed E-state index contributed by atoms with van der Waals surface area (Å²) in [5.74, 6) is -1.48. The van der Waals surface area contributed by atoms with Crippen molar-refractivity contribution >= 4 is 41.3 Å². The van der Waals surface area contributed by atoms with Crippen LogP contribution in [0.25, 0.3) is 0 Å². The summed E-state index contributed by atoms with van der Waals surface area (Å²) in [5, 5.41) is 20.3. The van der Waals surface area contributed by atoms with E-state index in [9.17, 15) is 24.3 Å². The van der Waals surface area contributed by atoms with E-state index in [2.05, 4.69) is 20.9 Å².